The quantitative estimate of drug-likeness (QED) is 0.130. The van der Waals surface area contributed by atoms with Crippen LogP contribution in [0.2, 0.25) is 0 Å². The highest BCUT2D eigenvalue weighted by atomic mass is 16.6. The van der Waals surface area contributed by atoms with Crippen molar-refractivity contribution in [3.05, 3.63) is 35.5 Å². The lowest BCUT2D eigenvalue weighted by atomic mass is 9.70. The average Bonchev–Trinajstić information content (AvgIpc) is 3.08. The van der Waals surface area contributed by atoms with E-state index in [1.54, 1.807) is 39.8 Å². The number of carbonyl (C=O) groups excluding carboxylic acids is 4. The smallest absolute Gasteiger partial charge is 0.330 e. The van der Waals surface area contributed by atoms with E-state index in [-0.39, 0.29) is 63.7 Å². The van der Waals surface area contributed by atoms with Gasteiger partial charge in [-0.3, -0.25) is 9.59 Å². The molecule has 4 aliphatic rings. The van der Waals surface area contributed by atoms with Gasteiger partial charge in [0.05, 0.1) is 62.7 Å². The number of cyclic esters (lactones) is 1. The van der Waals surface area contributed by atoms with Crippen molar-refractivity contribution in [2.75, 3.05) is 14.2 Å². The summed E-state index contributed by atoms with van der Waals surface area (Å²) in [6.45, 7) is 12.2. The Morgan fingerprint density at radius 2 is 1.47 bits per heavy atom. The molecule has 4 N–H and O–H groups in total. The van der Waals surface area contributed by atoms with Crippen LogP contribution in [0.5, 0.6) is 0 Å². The second kappa shape index (κ2) is 18.8. The van der Waals surface area contributed by atoms with E-state index in [0.29, 0.717) is 11.1 Å². The Labute approximate surface area is 335 Å². The zero-order valence-electron chi connectivity index (χ0n) is 34.9. The summed E-state index contributed by atoms with van der Waals surface area (Å²) in [6.07, 6.45) is -1.37. The Morgan fingerprint density at radius 3 is 2.09 bits per heavy atom. The minimum atomic E-state index is -1.99. The number of ether oxygens (including phenoxy) is 7. The van der Waals surface area contributed by atoms with Gasteiger partial charge in [0.15, 0.2) is 11.6 Å². The Balaban J connectivity index is 1.80. The summed E-state index contributed by atoms with van der Waals surface area (Å²) in [5, 5.41) is 46.7. The maximum atomic E-state index is 13.3. The Bertz CT molecular complexity index is 1540. The van der Waals surface area contributed by atoms with Gasteiger partial charge in [-0.05, 0) is 32.1 Å². The van der Waals surface area contributed by atoms with E-state index in [1.165, 1.54) is 33.3 Å². The molecular formula is C42H64O15. The average molecular weight is 809 g/mol. The van der Waals surface area contributed by atoms with Gasteiger partial charge < -0.3 is 53.6 Å². The molecule has 15 nitrogen and oxygen atoms in total. The number of methoxy groups -OCH3 is 2. The standard InChI is InChI=1S/C42H64O15/c1-24(2)12-37(47)55-34-21-31-18-28(44)19-38(48)54-33(25(3)43)20-30-15-27(17-36(46)52-9)22-41(49,56-30)39(4,5)11-10-29-13-26(16-35(45)51-8)14-32(53-29)23-42(50,57-31)40(34,6)7/h10-11,16-17,24-25,28-34,43-44,49-50H,12-15,18-23H2,1-9H3/b11-10+,26-16+,27-17-/t25-,28+,29+,30+,31-,32-,33+,34+,41+,42-/m0/s1. The third-order valence-corrected chi connectivity index (χ3v) is 11.7. The van der Waals surface area contributed by atoms with Crippen molar-refractivity contribution in [2.24, 2.45) is 16.7 Å². The van der Waals surface area contributed by atoms with Crippen LogP contribution in [-0.2, 0) is 52.3 Å². The van der Waals surface area contributed by atoms with Crippen molar-refractivity contribution in [2.45, 2.75) is 173 Å². The van der Waals surface area contributed by atoms with Gasteiger partial charge in [-0.2, -0.15) is 0 Å². The molecule has 10 atom stereocenters. The fraction of sp³-hybridized carbons (Fsp3) is 0.762. The highest BCUT2D eigenvalue weighted by Gasteiger charge is 2.58. The largest absolute Gasteiger partial charge is 0.466 e. The predicted octanol–water partition coefficient (Wildman–Crippen LogP) is 3.87. The fourth-order valence-corrected chi connectivity index (χ4v) is 8.07. The topological polar surface area (TPSA) is 214 Å². The van der Waals surface area contributed by atoms with Gasteiger partial charge in [0.2, 0.25) is 0 Å². The molecule has 0 aromatic heterocycles. The first kappa shape index (κ1) is 46.5. The maximum absolute atomic E-state index is 13.3. The van der Waals surface area contributed by atoms with Crippen LogP contribution in [-0.4, -0.2) is 119 Å². The summed E-state index contributed by atoms with van der Waals surface area (Å²) in [5.74, 6) is -6.35. The lowest BCUT2D eigenvalue weighted by Gasteiger charge is -2.53. The number of aliphatic hydroxyl groups excluding tert-OH is 2. The maximum Gasteiger partial charge on any atom is 0.330 e. The molecule has 3 saturated heterocycles. The molecule has 0 unspecified atom stereocenters. The molecule has 15 heteroatoms. The number of hydrogen-bond donors (Lipinski definition) is 4. The number of rotatable bonds is 6. The molecule has 0 aromatic carbocycles. The van der Waals surface area contributed by atoms with Gasteiger partial charge in [0.1, 0.15) is 12.2 Å². The molecule has 322 valence electrons. The van der Waals surface area contributed by atoms with Crippen molar-refractivity contribution in [3.8, 4) is 0 Å². The summed E-state index contributed by atoms with van der Waals surface area (Å²) in [4.78, 5) is 51.2. The van der Waals surface area contributed by atoms with E-state index in [4.69, 9.17) is 33.2 Å². The molecule has 4 heterocycles. The van der Waals surface area contributed by atoms with Crippen molar-refractivity contribution >= 4 is 23.9 Å². The van der Waals surface area contributed by atoms with Gasteiger partial charge >= 0.3 is 23.9 Å². The van der Waals surface area contributed by atoms with Gasteiger partial charge in [-0.15, -0.1) is 0 Å². The molecule has 0 aliphatic carbocycles. The Morgan fingerprint density at radius 1 is 0.860 bits per heavy atom. The van der Waals surface area contributed by atoms with Crippen molar-refractivity contribution < 1.29 is 72.8 Å². The van der Waals surface area contributed by atoms with Crippen molar-refractivity contribution in [3.63, 3.8) is 0 Å². The number of carbonyl (C=O) groups is 4. The molecule has 0 amide bonds. The Hall–Kier alpha value is -3.18. The summed E-state index contributed by atoms with van der Waals surface area (Å²) in [5.41, 5.74) is -1.16. The first-order chi connectivity index (χ1) is 26.5. The minimum Gasteiger partial charge on any atom is -0.466 e. The van der Waals surface area contributed by atoms with Gasteiger partial charge in [-0.25, -0.2) is 9.59 Å². The molecule has 6 bridgehead atoms. The normalized spacial score (nSPS) is 37.4. The second-order valence-corrected chi connectivity index (χ2v) is 17.7. The zero-order valence-corrected chi connectivity index (χ0v) is 34.9. The summed E-state index contributed by atoms with van der Waals surface area (Å²) in [6, 6.07) is 0. The van der Waals surface area contributed by atoms with Crippen LogP contribution >= 0.6 is 0 Å². The van der Waals surface area contributed by atoms with E-state index < -0.39 is 102 Å². The zero-order chi connectivity index (χ0) is 42.5. The lowest BCUT2D eigenvalue weighted by molar-refractivity contribution is -0.348. The van der Waals surface area contributed by atoms with Crippen LogP contribution in [0.4, 0.5) is 0 Å². The van der Waals surface area contributed by atoms with Crippen LogP contribution in [0.15, 0.2) is 35.5 Å². The Kier molecular flexibility index (Phi) is 15.4. The minimum absolute atomic E-state index is 0.0182. The number of esters is 4. The van der Waals surface area contributed by atoms with E-state index in [0.717, 1.165) is 0 Å². The summed E-state index contributed by atoms with van der Waals surface area (Å²) in [7, 11) is 2.52. The molecule has 0 saturated carbocycles. The van der Waals surface area contributed by atoms with E-state index in [1.807, 2.05) is 13.8 Å². The number of aliphatic hydroxyl groups is 4. The molecule has 57 heavy (non-hydrogen) atoms. The van der Waals surface area contributed by atoms with Crippen LogP contribution in [0.1, 0.15) is 113 Å². The highest BCUT2D eigenvalue weighted by molar-refractivity contribution is 5.83. The third-order valence-electron chi connectivity index (χ3n) is 11.7. The third kappa shape index (κ3) is 12.0. The molecule has 0 spiro atoms. The monoisotopic (exact) mass is 808 g/mol. The summed E-state index contributed by atoms with van der Waals surface area (Å²) < 4.78 is 40.8. The summed E-state index contributed by atoms with van der Waals surface area (Å²) >= 11 is 0. The highest BCUT2D eigenvalue weighted by Crippen LogP contribution is 2.50. The van der Waals surface area contributed by atoms with Crippen LogP contribution in [0.25, 0.3) is 0 Å². The van der Waals surface area contributed by atoms with Crippen LogP contribution in [0, 0.1) is 16.7 Å². The molecule has 4 rings (SSSR count). The molecular weight excluding hydrogens is 744 g/mol. The molecule has 4 aliphatic heterocycles. The molecule has 0 radical (unpaired) electrons. The van der Waals surface area contributed by atoms with Gasteiger partial charge in [0.25, 0.3) is 0 Å². The van der Waals surface area contributed by atoms with E-state index in [2.05, 4.69) is 0 Å². The first-order valence-electron chi connectivity index (χ1n) is 19.9. The van der Waals surface area contributed by atoms with Crippen molar-refractivity contribution in [1.82, 2.24) is 0 Å². The predicted molar refractivity (Wildman–Crippen MR) is 204 cm³/mol. The first-order valence-corrected chi connectivity index (χ1v) is 19.9. The SMILES string of the molecule is COC(=O)/C=C1/C[C@H]2C[C@]3(O)O[C@@H](C[C@@H](O)CC(=O)O[C@@H]([C@H](C)O)C[C@H]4C/C(=C/C(=O)OC)C[C@@](O)(O4)C(C)(C)/C=C/[C@H](C1)O2)C[C@@H](OC(=O)CC(C)C)C3(C)C. The molecule has 3 fully saturated rings. The van der Waals surface area contributed by atoms with Crippen LogP contribution in [0.3, 0.4) is 0 Å². The van der Waals surface area contributed by atoms with E-state index >= 15 is 0 Å². The molecule has 0 aromatic rings. The van der Waals surface area contributed by atoms with Gasteiger partial charge in [-0.1, -0.05) is 64.8 Å². The van der Waals surface area contributed by atoms with E-state index in [9.17, 15) is 39.6 Å². The van der Waals surface area contributed by atoms with Crippen molar-refractivity contribution in [1.29, 1.82) is 0 Å². The lowest BCUT2D eigenvalue weighted by Crippen LogP contribution is -2.62. The number of hydrogen-bond acceptors (Lipinski definition) is 15. The van der Waals surface area contributed by atoms with Crippen LogP contribution < -0.4 is 0 Å². The fourth-order valence-electron chi connectivity index (χ4n) is 8.07. The number of fused-ring (bicyclic) bond motifs is 6. The second-order valence-electron chi connectivity index (χ2n) is 17.7. The van der Waals surface area contributed by atoms with Gasteiger partial charge in [0, 0.05) is 56.1 Å².